The summed E-state index contributed by atoms with van der Waals surface area (Å²) in [5.74, 6) is -0.289. The average Bonchev–Trinajstić information content (AvgIpc) is 2.13. The largest absolute Gasteiger partial charge is 0.469 e. The van der Waals surface area contributed by atoms with Gasteiger partial charge in [0, 0.05) is 14.6 Å². The van der Waals surface area contributed by atoms with Crippen LogP contribution in [0.3, 0.4) is 0 Å². The average molecular weight is 323 g/mol. The fourth-order valence-corrected chi connectivity index (χ4v) is 1.92. The minimum absolute atomic E-state index is 0.209. The molecule has 0 spiro atoms. The molecule has 1 aromatic carbocycles. The molecule has 14 heavy (non-hydrogen) atoms. The number of esters is 1. The van der Waals surface area contributed by atoms with Crippen LogP contribution in [0.5, 0.6) is 0 Å². The van der Waals surface area contributed by atoms with Crippen LogP contribution in [0, 0.1) is 0 Å². The Hall–Kier alpha value is -0.550. The van der Waals surface area contributed by atoms with Crippen LogP contribution in [0.4, 0.5) is 5.69 Å². The summed E-state index contributed by atoms with van der Waals surface area (Å²) in [5, 5.41) is 0. The SMILES string of the molecule is COC(=O)Cc1cc(Br)cc(N)c1Br. The lowest BCUT2D eigenvalue weighted by Crippen LogP contribution is -2.06. The van der Waals surface area contributed by atoms with Gasteiger partial charge in [-0.05, 0) is 33.6 Å². The van der Waals surface area contributed by atoms with Crippen molar-refractivity contribution < 1.29 is 9.53 Å². The number of hydrogen-bond acceptors (Lipinski definition) is 3. The molecule has 2 N–H and O–H groups in total. The third-order valence-corrected chi connectivity index (χ3v) is 3.13. The predicted octanol–water partition coefficient (Wildman–Crippen LogP) is 2.51. The van der Waals surface area contributed by atoms with Crippen molar-refractivity contribution >= 4 is 43.5 Å². The number of carbonyl (C=O) groups excluding carboxylic acids is 1. The molecule has 5 heteroatoms. The Balaban J connectivity index is 3.02. The number of hydrogen-bond donors (Lipinski definition) is 1. The number of methoxy groups -OCH3 is 1. The van der Waals surface area contributed by atoms with Gasteiger partial charge in [0.15, 0.2) is 0 Å². The van der Waals surface area contributed by atoms with Gasteiger partial charge in [0.1, 0.15) is 0 Å². The zero-order valence-electron chi connectivity index (χ0n) is 7.51. The molecule has 0 saturated carbocycles. The van der Waals surface area contributed by atoms with Gasteiger partial charge in [-0.15, -0.1) is 0 Å². The predicted molar refractivity (Wildman–Crippen MR) is 62.0 cm³/mol. The summed E-state index contributed by atoms with van der Waals surface area (Å²) >= 11 is 6.62. The van der Waals surface area contributed by atoms with E-state index >= 15 is 0 Å². The van der Waals surface area contributed by atoms with Crippen molar-refractivity contribution in [2.45, 2.75) is 6.42 Å². The Kier molecular flexibility index (Phi) is 3.95. The van der Waals surface area contributed by atoms with Crippen LogP contribution in [-0.2, 0) is 16.0 Å². The van der Waals surface area contributed by atoms with Crippen molar-refractivity contribution in [1.82, 2.24) is 0 Å². The minimum atomic E-state index is -0.289. The smallest absolute Gasteiger partial charge is 0.310 e. The molecule has 0 aliphatic heterocycles. The normalized spacial score (nSPS) is 9.93. The van der Waals surface area contributed by atoms with E-state index in [0.29, 0.717) is 5.69 Å². The van der Waals surface area contributed by atoms with Crippen LogP contribution in [0.25, 0.3) is 0 Å². The van der Waals surface area contributed by atoms with E-state index in [2.05, 4.69) is 36.6 Å². The Labute approximate surface area is 98.9 Å². The Bertz CT molecular complexity index is 366. The standard InChI is InChI=1S/C9H9Br2NO2/c1-14-8(13)3-5-2-6(10)4-7(12)9(5)11/h2,4H,3,12H2,1H3. The van der Waals surface area contributed by atoms with Crippen LogP contribution in [0.15, 0.2) is 21.1 Å². The van der Waals surface area contributed by atoms with Gasteiger partial charge in [-0.1, -0.05) is 15.9 Å². The molecule has 0 unspecified atom stereocenters. The summed E-state index contributed by atoms with van der Waals surface area (Å²) in [6.45, 7) is 0. The number of nitrogens with two attached hydrogens (primary N) is 1. The quantitative estimate of drug-likeness (QED) is 0.672. The number of nitrogen functional groups attached to an aromatic ring is 1. The second-order valence-corrected chi connectivity index (χ2v) is 4.43. The van der Waals surface area contributed by atoms with E-state index in [1.165, 1.54) is 7.11 Å². The summed E-state index contributed by atoms with van der Waals surface area (Å²) in [4.78, 5) is 11.1. The Morgan fingerprint density at radius 2 is 2.14 bits per heavy atom. The van der Waals surface area contributed by atoms with Crippen LogP contribution in [0.2, 0.25) is 0 Å². The van der Waals surface area contributed by atoms with Gasteiger partial charge < -0.3 is 10.5 Å². The van der Waals surface area contributed by atoms with E-state index in [1.54, 1.807) is 6.07 Å². The Morgan fingerprint density at radius 3 is 2.71 bits per heavy atom. The molecule has 76 valence electrons. The van der Waals surface area contributed by atoms with Crippen LogP contribution in [0.1, 0.15) is 5.56 Å². The lowest BCUT2D eigenvalue weighted by atomic mass is 10.1. The highest BCUT2D eigenvalue weighted by Gasteiger charge is 2.09. The molecule has 0 bridgehead atoms. The fraction of sp³-hybridized carbons (Fsp3) is 0.222. The molecule has 0 fully saturated rings. The molecule has 0 aliphatic rings. The zero-order chi connectivity index (χ0) is 10.7. The molecular weight excluding hydrogens is 314 g/mol. The van der Waals surface area contributed by atoms with Crippen LogP contribution in [-0.4, -0.2) is 13.1 Å². The molecule has 0 heterocycles. The summed E-state index contributed by atoms with van der Waals surface area (Å²) in [5.41, 5.74) is 7.11. The van der Waals surface area contributed by atoms with Crippen LogP contribution >= 0.6 is 31.9 Å². The second-order valence-electron chi connectivity index (χ2n) is 2.72. The fourth-order valence-electron chi connectivity index (χ4n) is 1.03. The highest BCUT2D eigenvalue weighted by atomic mass is 79.9. The summed E-state index contributed by atoms with van der Waals surface area (Å²) in [6.07, 6.45) is 0.209. The molecule has 3 nitrogen and oxygen atoms in total. The van der Waals surface area contributed by atoms with Gasteiger partial charge in [-0.25, -0.2) is 0 Å². The van der Waals surface area contributed by atoms with Gasteiger partial charge in [-0.2, -0.15) is 0 Å². The number of ether oxygens (including phenoxy) is 1. The number of carbonyl (C=O) groups is 1. The summed E-state index contributed by atoms with van der Waals surface area (Å²) in [6, 6.07) is 3.60. The van der Waals surface area contributed by atoms with Crippen molar-refractivity contribution in [2.24, 2.45) is 0 Å². The van der Waals surface area contributed by atoms with Gasteiger partial charge in [-0.3, -0.25) is 4.79 Å². The van der Waals surface area contributed by atoms with Crippen LogP contribution < -0.4 is 5.73 Å². The molecule has 0 aliphatic carbocycles. The molecule has 1 aromatic rings. The minimum Gasteiger partial charge on any atom is -0.469 e. The van der Waals surface area contributed by atoms with E-state index in [9.17, 15) is 4.79 Å². The lowest BCUT2D eigenvalue weighted by molar-refractivity contribution is -0.139. The second kappa shape index (κ2) is 4.79. The third-order valence-electron chi connectivity index (χ3n) is 1.70. The first kappa shape index (κ1) is 11.5. The number of rotatable bonds is 2. The van der Waals surface area contributed by atoms with Gasteiger partial charge in [0.2, 0.25) is 0 Å². The number of benzene rings is 1. The first-order valence-electron chi connectivity index (χ1n) is 3.84. The Morgan fingerprint density at radius 1 is 1.50 bits per heavy atom. The zero-order valence-corrected chi connectivity index (χ0v) is 10.7. The van der Waals surface area contributed by atoms with Crippen molar-refractivity contribution in [3.63, 3.8) is 0 Å². The molecule has 0 radical (unpaired) electrons. The highest BCUT2D eigenvalue weighted by molar-refractivity contribution is 9.11. The van der Waals surface area contributed by atoms with E-state index < -0.39 is 0 Å². The molecule has 0 amide bonds. The first-order chi connectivity index (χ1) is 6.54. The van der Waals surface area contributed by atoms with Gasteiger partial charge in [0.05, 0.1) is 13.5 Å². The van der Waals surface area contributed by atoms with Crippen molar-refractivity contribution in [1.29, 1.82) is 0 Å². The summed E-state index contributed by atoms with van der Waals surface area (Å²) < 4.78 is 6.16. The topological polar surface area (TPSA) is 52.3 Å². The molecular formula is C9H9Br2NO2. The van der Waals surface area contributed by atoms with Crippen molar-refractivity contribution in [3.8, 4) is 0 Å². The molecule has 0 saturated heterocycles. The monoisotopic (exact) mass is 321 g/mol. The third kappa shape index (κ3) is 2.72. The number of anilines is 1. The van der Waals surface area contributed by atoms with Crippen molar-refractivity contribution in [2.75, 3.05) is 12.8 Å². The lowest BCUT2D eigenvalue weighted by Gasteiger charge is -2.06. The molecule has 0 aromatic heterocycles. The summed E-state index contributed by atoms with van der Waals surface area (Å²) in [7, 11) is 1.36. The maximum atomic E-state index is 11.1. The van der Waals surface area contributed by atoms with Gasteiger partial charge in [0.25, 0.3) is 0 Å². The van der Waals surface area contributed by atoms with Gasteiger partial charge >= 0.3 is 5.97 Å². The highest BCUT2D eigenvalue weighted by Crippen LogP contribution is 2.28. The molecule has 0 atom stereocenters. The van der Waals surface area contributed by atoms with E-state index in [4.69, 9.17) is 5.73 Å². The van der Waals surface area contributed by atoms with E-state index in [-0.39, 0.29) is 12.4 Å². The first-order valence-corrected chi connectivity index (χ1v) is 5.43. The maximum Gasteiger partial charge on any atom is 0.310 e. The van der Waals surface area contributed by atoms with E-state index in [1.807, 2.05) is 6.07 Å². The maximum absolute atomic E-state index is 11.1. The van der Waals surface area contributed by atoms with E-state index in [0.717, 1.165) is 14.5 Å². The number of halogens is 2. The van der Waals surface area contributed by atoms with Crippen molar-refractivity contribution in [3.05, 3.63) is 26.6 Å². The molecule has 1 rings (SSSR count).